The molecule has 0 N–H and O–H groups in total. The highest BCUT2D eigenvalue weighted by Gasteiger charge is 2.35. The number of hydrogen-bond donors (Lipinski definition) is 0. The SMILES string of the molecule is CC(C)(C)OC(=O)N1c2ccccc2OC[C@H]1c1ccccc1. The Bertz CT molecular complexity index is 691. The van der Waals surface area contributed by atoms with Gasteiger partial charge in [-0.25, -0.2) is 4.79 Å². The van der Waals surface area contributed by atoms with Crippen molar-refractivity contribution in [3.63, 3.8) is 0 Å². The molecule has 4 heteroatoms. The van der Waals surface area contributed by atoms with E-state index in [1.165, 1.54) is 0 Å². The Balaban J connectivity index is 2.02. The smallest absolute Gasteiger partial charge is 0.415 e. The molecule has 0 aliphatic carbocycles. The van der Waals surface area contributed by atoms with Gasteiger partial charge in [-0.1, -0.05) is 42.5 Å². The molecule has 4 nitrogen and oxygen atoms in total. The van der Waals surface area contributed by atoms with Crippen molar-refractivity contribution < 1.29 is 14.3 Å². The molecule has 0 spiro atoms. The Morgan fingerprint density at radius 3 is 2.43 bits per heavy atom. The Morgan fingerprint density at radius 2 is 1.74 bits per heavy atom. The van der Waals surface area contributed by atoms with E-state index in [0.29, 0.717) is 12.4 Å². The van der Waals surface area contributed by atoms with Crippen LogP contribution in [0.15, 0.2) is 54.6 Å². The van der Waals surface area contributed by atoms with Crippen LogP contribution < -0.4 is 9.64 Å². The summed E-state index contributed by atoms with van der Waals surface area (Å²) in [6.07, 6.45) is -0.359. The van der Waals surface area contributed by atoms with Crippen LogP contribution in [0.4, 0.5) is 10.5 Å². The molecule has 3 rings (SSSR count). The number of ether oxygens (including phenoxy) is 2. The fourth-order valence-electron chi connectivity index (χ4n) is 2.65. The Hall–Kier alpha value is -2.49. The number of nitrogens with zero attached hydrogens (tertiary/aromatic N) is 1. The van der Waals surface area contributed by atoms with Gasteiger partial charge in [0.25, 0.3) is 0 Å². The van der Waals surface area contributed by atoms with Gasteiger partial charge in [0.15, 0.2) is 0 Å². The average molecular weight is 311 g/mol. The zero-order valence-corrected chi connectivity index (χ0v) is 13.7. The molecule has 1 atom stereocenters. The second-order valence-corrected chi connectivity index (χ2v) is 6.56. The summed E-state index contributed by atoms with van der Waals surface area (Å²) in [5, 5.41) is 0. The van der Waals surface area contributed by atoms with Crippen molar-refractivity contribution in [2.45, 2.75) is 32.4 Å². The predicted octanol–water partition coefficient (Wildman–Crippen LogP) is 4.56. The van der Waals surface area contributed by atoms with Crippen LogP contribution in [0.5, 0.6) is 5.75 Å². The number of carbonyl (C=O) groups is 1. The maximum Gasteiger partial charge on any atom is 0.415 e. The second-order valence-electron chi connectivity index (χ2n) is 6.56. The molecule has 1 aliphatic rings. The lowest BCUT2D eigenvalue weighted by molar-refractivity contribution is 0.0542. The lowest BCUT2D eigenvalue weighted by Crippen LogP contribution is -2.43. The fourth-order valence-corrected chi connectivity index (χ4v) is 2.65. The van der Waals surface area contributed by atoms with E-state index in [2.05, 4.69) is 0 Å². The van der Waals surface area contributed by atoms with E-state index in [4.69, 9.17) is 9.47 Å². The van der Waals surface area contributed by atoms with E-state index in [0.717, 1.165) is 11.3 Å². The van der Waals surface area contributed by atoms with E-state index < -0.39 is 5.60 Å². The van der Waals surface area contributed by atoms with Gasteiger partial charge >= 0.3 is 6.09 Å². The van der Waals surface area contributed by atoms with Gasteiger partial charge in [-0.15, -0.1) is 0 Å². The first-order valence-electron chi connectivity index (χ1n) is 7.75. The first-order chi connectivity index (χ1) is 11.0. The number of hydrogen-bond acceptors (Lipinski definition) is 3. The summed E-state index contributed by atoms with van der Waals surface area (Å²) in [6.45, 7) is 6.01. The molecule has 1 aliphatic heterocycles. The van der Waals surface area contributed by atoms with Gasteiger partial charge in [0.05, 0.1) is 11.7 Å². The first kappa shape index (κ1) is 15.4. The standard InChI is InChI=1S/C19H21NO3/c1-19(2,3)23-18(21)20-15-11-7-8-12-17(15)22-13-16(20)14-9-5-4-6-10-14/h4-12,16H,13H2,1-3H3/t16-/m0/s1. The number of amides is 1. The second kappa shape index (κ2) is 5.95. The van der Waals surface area contributed by atoms with E-state index in [1.807, 2.05) is 75.4 Å². The molecule has 0 fully saturated rings. The van der Waals surface area contributed by atoms with Gasteiger partial charge in [0.1, 0.15) is 18.0 Å². The Kier molecular flexibility index (Phi) is 3.99. The van der Waals surface area contributed by atoms with Gasteiger partial charge in [-0.05, 0) is 38.5 Å². The van der Waals surface area contributed by atoms with Crippen LogP contribution in [0, 0.1) is 0 Å². The van der Waals surface area contributed by atoms with E-state index in [9.17, 15) is 4.79 Å². The van der Waals surface area contributed by atoms with Gasteiger partial charge in [-0.2, -0.15) is 0 Å². The minimum Gasteiger partial charge on any atom is -0.489 e. The molecular weight excluding hydrogens is 290 g/mol. The van der Waals surface area contributed by atoms with Crippen LogP contribution in [0.1, 0.15) is 32.4 Å². The van der Waals surface area contributed by atoms with Gasteiger partial charge < -0.3 is 9.47 Å². The lowest BCUT2D eigenvalue weighted by Gasteiger charge is -2.37. The van der Waals surface area contributed by atoms with Crippen molar-refractivity contribution in [1.82, 2.24) is 0 Å². The van der Waals surface area contributed by atoms with Crippen LogP contribution in [0.2, 0.25) is 0 Å². The molecule has 2 aromatic rings. The molecule has 0 bridgehead atoms. The van der Waals surface area contributed by atoms with Crippen molar-refractivity contribution >= 4 is 11.8 Å². The van der Waals surface area contributed by atoms with Crippen LogP contribution in [-0.2, 0) is 4.74 Å². The number of benzene rings is 2. The molecule has 1 amide bonds. The molecule has 0 radical (unpaired) electrons. The van der Waals surface area contributed by atoms with Gasteiger partial charge in [-0.3, -0.25) is 4.90 Å². The predicted molar refractivity (Wildman–Crippen MR) is 89.8 cm³/mol. The zero-order chi connectivity index (χ0) is 16.4. The third-order valence-electron chi connectivity index (χ3n) is 3.61. The molecule has 2 aromatic carbocycles. The summed E-state index contributed by atoms with van der Waals surface area (Å²) in [5.74, 6) is 0.700. The number of carbonyl (C=O) groups excluding carboxylic acids is 1. The molecule has 0 unspecified atom stereocenters. The Labute approximate surface area is 136 Å². The van der Waals surface area contributed by atoms with Gasteiger partial charge in [0, 0.05) is 0 Å². The summed E-state index contributed by atoms with van der Waals surface area (Å²) in [7, 11) is 0. The molecular formula is C19H21NO3. The third kappa shape index (κ3) is 3.31. The van der Waals surface area contributed by atoms with E-state index in [-0.39, 0.29) is 12.1 Å². The largest absolute Gasteiger partial charge is 0.489 e. The molecule has 0 aromatic heterocycles. The Morgan fingerprint density at radius 1 is 1.09 bits per heavy atom. The van der Waals surface area contributed by atoms with Crippen LogP contribution in [-0.4, -0.2) is 18.3 Å². The van der Waals surface area contributed by atoms with Crippen molar-refractivity contribution in [2.24, 2.45) is 0 Å². The normalized spacial score (nSPS) is 17.2. The van der Waals surface area contributed by atoms with Crippen molar-refractivity contribution in [1.29, 1.82) is 0 Å². The summed E-state index contributed by atoms with van der Waals surface area (Å²) in [5.41, 5.74) is 1.21. The van der Waals surface area contributed by atoms with E-state index >= 15 is 0 Å². The maximum atomic E-state index is 12.8. The topological polar surface area (TPSA) is 38.8 Å². The molecule has 23 heavy (non-hydrogen) atoms. The molecule has 1 heterocycles. The summed E-state index contributed by atoms with van der Waals surface area (Å²) in [6, 6.07) is 17.2. The summed E-state index contributed by atoms with van der Waals surface area (Å²) < 4.78 is 11.5. The maximum absolute atomic E-state index is 12.8. The monoisotopic (exact) mass is 311 g/mol. The minimum absolute atomic E-state index is 0.207. The average Bonchev–Trinajstić information content (AvgIpc) is 2.53. The van der Waals surface area contributed by atoms with Gasteiger partial charge in [0.2, 0.25) is 0 Å². The van der Waals surface area contributed by atoms with Crippen LogP contribution in [0.25, 0.3) is 0 Å². The third-order valence-corrected chi connectivity index (χ3v) is 3.61. The quantitative estimate of drug-likeness (QED) is 0.775. The summed E-state index contributed by atoms with van der Waals surface area (Å²) in [4.78, 5) is 14.5. The number of anilines is 1. The number of rotatable bonds is 1. The highest BCUT2D eigenvalue weighted by molar-refractivity contribution is 5.91. The zero-order valence-electron chi connectivity index (χ0n) is 13.7. The minimum atomic E-state index is -0.550. The summed E-state index contributed by atoms with van der Waals surface area (Å²) >= 11 is 0. The van der Waals surface area contributed by atoms with Crippen LogP contribution >= 0.6 is 0 Å². The molecule has 0 saturated heterocycles. The van der Waals surface area contributed by atoms with Crippen LogP contribution in [0.3, 0.4) is 0 Å². The lowest BCUT2D eigenvalue weighted by atomic mass is 10.0. The van der Waals surface area contributed by atoms with Crippen molar-refractivity contribution in [3.05, 3.63) is 60.2 Å². The fraction of sp³-hybridized carbons (Fsp3) is 0.316. The highest BCUT2D eigenvalue weighted by Crippen LogP contribution is 2.40. The van der Waals surface area contributed by atoms with E-state index in [1.54, 1.807) is 4.90 Å². The van der Waals surface area contributed by atoms with Crippen molar-refractivity contribution in [2.75, 3.05) is 11.5 Å². The molecule has 120 valence electrons. The first-order valence-corrected chi connectivity index (χ1v) is 7.75. The number of fused-ring (bicyclic) bond motifs is 1. The van der Waals surface area contributed by atoms with Crippen molar-refractivity contribution in [3.8, 4) is 5.75 Å². The molecule has 0 saturated carbocycles. The number of para-hydroxylation sites is 2. The highest BCUT2D eigenvalue weighted by atomic mass is 16.6.